The van der Waals surface area contributed by atoms with E-state index in [0.29, 0.717) is 28.4 Å². The number of amides is 1. The average molecular weight is 500 g/mol. The Labute approximate surface area is 179 Å². The van der Waals surface area contributed by atoms with E-state index in [1.165, 1.54) is 0 Å². The van der Waals surface area contributed by atoms with E-state index >= 15 is 0 Å². The van der Waals surface area contributed by atoms with E-state index in [9.17, 15) is 4.79 Å². The number of carbonyl (C=O) groups excluding carboxylic acids is 1. The number of hydrogen-bond donors (Lipinski definition) is 2. The molecule has 8 heteroatoms. The van der Waals surface area contributed by atoms with Gasteiger partial charge in [-0.2, -0.15) is 4.98 Å². The summed E-state index contributed by atoms with van der Waals surface area (Å²) in [5, 5.41) is 5.92. The first kappa shape index (κ1) is 18.5. The predicted molar refractivity (Wildman–Crippen MR) is 120 cm³/mol. The van der Waals surface area contributed by atoms with E-state index in [1.807, 2.05) is 48.5 Å². The number of carbonyl (C=O) groups is 1. The van der Waals surface area contributed by atoms with Gasteiger partial charge in [0.25, 0.3) is 5.91 Å². The largest absolute Gasteiger partial charge is 0.434 e. The molecule has 2 aromatic heterocycles. The molecule has 0 spiro atoms. The minimum atomic E-state index is -0.260. The van der Waals surface area contributed by atoms with Crippen molar-refractivity contribution in [3.63, 3.8) is 0 Å². The van der Waals surface area contributed by atoms with E-state index in [0.717, 1.165) is 9.13 Å². The molecule has 0 aliphatic heterocycles. The van der Waals surface area contributed by atoms with Gasteiger partial charge in [-0.3, -0.25) is 10.1 Å². The number of rotatable bonds is 3. The lowest BCUT2D eigenvalue weighted by atomic mass is 10.2. The lowest BCUT2D eigenvalue weighted by Gasteiger charge is -2.11. The zero-order valence-electron chi connectivity index (χ0n) is 14.3. The molecule has 138 valence electrons. The molecule has 0 unspecified atom stereocenters. The van der Waals surface area contributed by atoms with Crippen LogP contribution in [0, 0.1) is 3.57 Å². The number of benzene rings is 2. The van der Waals surface area contributed by atoms with Gasteiger partial charge in [0.2, 0.25) is 5.89 Å². The van der Waals surface area contributed by atoms with Crippen LogP contribution in [-0.4, -0.2) is 21.0 Å². The van der Waals surface area contributed by atoms with E-state index in [4.69, 9.17) is 16.6 Å². The molecule has 0 atom stereocenters. The molecule has 0 saturated carbocycles. The maximum atomic E-state index is 12.4. The van der Waals surface area contributed by atoms with Crippen LogP contribution in [0.25, 0.3) is 22.7 Å². The Hall–Kier alpha value is -2.85. The number of fused-ring (bicyclic) bond motifs is 1. The number of hydrogen-bond acceptors (Lipinski definition) is 5. The lowest BCUT2D eigenvalue weighted by molar-refractivity contribution is 0.0977. The summed E-state index contributed by atoms with van der Waals surface area (Å²) in [6, 6.07) is 18.3. The summed E-state index contributed by atoms with van der Waals surface area (Å²) in [6.07, 6.45) is 1.67. The van der Waals surface area contributed by atoms with Gasteiger partial charge >= 0.3 is 0 Å². The molecule has 0 saturated heterocycles. The fraction of sp³-hybridized carbons (Fsp3) is 0. The van der Waals surface area contributed by atoms with Crippen molar-refractivity contribution in [1.29, 1.82) is 0 Å². The second-order valence-corrected chi connectivity index (χ2v) is 7.38. The molecular weight excluding hydrogens is 487 g/mol. The van der Waals surface area contributed by atoms with Crippen molar-refractivity contribution in [1.82, 2.24) is 15.3 Å². The summed E-state index contributed by atoms with van der Waals surface area (Å²) in [4.78, 5) is 20.9. The SMILES string of the molecule is O=C(NC(=S)Nc1cccc(-c2nc3ncccc3o2)c1)c1ccccc1I. The molecule has 2 N–H and O–H groups in total. The normalized spacial score (nSPS) is 10.6. The topological polar surface area (TPSA) is 80.0 Å². The molecule has 0 bridgehead atoms. The van der Waals surface area contributed by atoms with Crippen molar-refractivity contribution in [3.05, 3.63) is 76.0 Å². The lowest BCUT2D eigenvalue weighted by Crippen LogP contribution is -2.34. The van der Waals surface area contributed by atoms with Gasteiger partial charge in [0.15, 0.2) is 16.3 Å². The molecule has 4 aromatic rings. The summed E-state index contributed by atoms with van der Waals surface area (Å²) >= 11 is 7.39. The predicted octanol–water partition coefficient (Wildman–Crippen LogP) is 4.62. The molecule has 28 heavy (non-hydrogen) atoms. The number of nitrogens with zero attached hydrogens (tertiary/aromatic N) is 2. The van der Waals surface area contributed by atoms with Gasteiger partial charge in [-0.1, -0.05) is 18.2 Å². The van der Waals surface area contributed by atoms with Crippen molar-refractivity contribution in [2.75, 3.05) is 5.32 Å². The highest BCUT2D eigenvalue weighted by molar-refractivity contribution is 14.1. The summed E-state index contributed by atoms with van der Waals surface area (Å²) in [5.41, 5.74) is 3.22. The minimum absolute atomic E-state index is 0.209. The quantitative estimate of drug-likeness (QED) is 0.316. The average Bonchev–Trinajstić information content (AvgIpc) is 3.12. The second-order valence-electron chi connectivity index (χ2n) is 5.81. The number of halogens is 1. The van der Waals surface area contributed by atoms with Crippen LogP contribution in [-0.2, 0) is 0 Å². The third-order valence-electron chi connectivity index (χ3n) is 3.88. The van der Waals surface area contributed by atoms with Crippen LogP contribution in [0.4, 0.5) is 5.69 Å². The molecule has 6 nitrogen and oxygen atoms in total. The van der Waals surface area contributed by atoms with Gasteiger partial charge in [-0.15, -0.1) is 0 Å². The van der Waals surface area contributed by atoms with Crippen LogP contribution in [0.15, 0.2) is 71.3 Å². The van der Waals surface area contributed by atoms with Gasteiger partial charge in [-0.05, 0) is 77.3 Å². The van der Waals surface area contributed by atoms with Gasteiger partial charge < -0.3 is 9.73 Å². The van der Waals surface area contributed by atoms with Crippen LogP contribution in [0.2, 0.25) is 0 Å². The Morgan fingerprint density at radius 3 is 2.75 bits per heavy atom. The highest BCUT2D eigenvalue weighted by Gasteiger charge is 2.12. The van der Waals surface area contributed by atoms with Gasteiger partial charge in [0.1, 0.15) is 0 Å². The molecule has 4 rings (SSSR count). The number of anilines is 1. The maximum absolute atomic E-state index is 12.4. The van der Waals surface area contributed by atoms with Crippen molar-refractivity contribution in [2.45, 2.75) is 0 Å². The Bertz CT molecular complexity index is 1160. The van der Waals surface area contributed by atoms with Crippen LogP contribution in [0.5, 0.6) is 0 Å². The van der Waals surface area contributed by atoms with Gasteiger partial charge in [0, 0.05) is 21.0 Å². The standard InChI is InChI=1S/C20H13IN4O2S/c21-15-8-2-1-7-14(15)18(26)25-20(28)23-13-6-3-5-12(11-13)19-24-17-16(27-19)9-4-10-22-17/h1-11H,(H2,23,25,26,28). The monoisotopic (exact) mass is 500 g/mol. The first-order valence-corrected chi connectivity index (χ1v) is 9.78. The highest BCUT2D eigenvalue weighted by Crippen LogP contribution is 2.25. The smallest absolute Gasteiger partial charge is 0.258 e. The molecule has 1 amide bonds. The first-order valence-electron chi connectivity index (χ1n) is 8.29. The highest BCUT2D eigenvalue weighted by atomic mass is 127. The summed E-state index contributed by atoms with van der Waals surface area (Å²) in [5.74, 6) is 0.204. The zero-order valence-corrected chi connectivity index (χ0v) is 17.3. The van der Waals surface area contributed by atoms with Gasteiger partial charge in [-0.25, -0.2) is 4.98 Å². The zero-order chi connectivity index (χ0) is 19.5. The third-order valence-corrected chi connectivity index (χ3v) is 5.02. The number of pyridine rings is 1. The molecule has 0 aliphatic carbocycles. The Kier molecular flexibility index (Phi) is 5.31. The number of thiocarbonyl (C=S) groups is 1. The summed E-state index contributed by atoms with van der Waals surface area (Å²) in [7, 11) is 0. The van der Waals surface area contributed by atoms with E-state index in [-0.39, 0.29) is 11.0 Å². The first-order chi connectivity index (χ1) is 13.6. The van der Waals surface area contributed by atoms with Crippen molar-refractivity contribution in [2.24, 2.45) is 0 Å². The summed E-state index contributed by atoms with van der Waals surface area (Å²) in [6.45, 7) is 0. The van der Waals surface area contributed by atoms with E-state index < -0.39 is 0 Å². The van der Waals surface area contributed by atoms with Crippen LogP contribution in [0.3, 0.4) is 0 Å². The molecule has 2 heterocycles. The maximum Gasteiger partial charge on any atom is 0.258 e. The summed E-state index contributed by atoms with van der Waals surface area (Å²) < 4.78 is 6.60. The molecule has 0 aliphatic rings. The molecule has 0 radical (unpaired) electrons. The number of aromatic nitrogens is 2. The van der Waals surface area contributed by atoms with E-state index in [1.54, 1.807) is 18.3 Å². The Morgan fingerprint density at radius 2 is 1.93 bits per heavy atom. The Morgan fingerprint density at radius 1 is 1.07 bits per heavy atom. The minimum Gasteiger partial charge on any atom is -0.434 e. The fourth-order valence-electron chi connectivity index (χ4n) is 2.60. The molecule has 2 aromatic carbocycles. The molecule has 0 fully saturated rings. The van der Waals surface area contributed by atoms with Crippen LogP contribution in [0.1, 0.15) is 10.4 Å². The number of nitrogens with one attached hydrogen (secondary N) is 2. The van der Waals surface area contributed by atoms with Crippen molar-refractivity contribution >= 4 is 62.7 Å². The van der Waals surface area contributed by atoms with Crippen molar-refractivity contribution < 1.29 is 9.21 Å². The third kappa shape index (κ3) is 4.02. The number of oxazole rings is 1. The van der Waals surface area contributed by atoms with Crippen LogP contribution >= 0.6 is 34.8 Å². The van der Waals surface area contributed by atoms with Gasteiger partial charge in [0.05, 0.1) is 5.56 Å². The second kappa shape index (κ2) is 8.03. The van der Waals surface area contributed by atoms with E-state index in [2.05, 4.69) is 43.2 Å². The van der Waals surface area contributed by atoms with Crippen molar-refractivity contribution in [3.8, 4) is 11.5 Å². The Balaban J connectivity index is 1.49. The fourth-order valence-corrected chi connectivity index (χ4v) is 3.44. The molecular formula is C20H13IN4O2S. The van der Waals surface area contributed by atoms with Crippen LogP contribution < -0.4 is 10.6 Å².